The van der Waals surface area contributed by atoms with E-state index in [-0.39, 0.29) is 5.91 Å². The fourth-order valence-electron chi connectivity index (χ4n) is 1.26. The number of rotatable bonds is 3. The highest BCUT2D eigenvalue weighted by Gasteiger charge is 2.12. The van der Waals surface area contributed by atoms with E-state index in [2.05, 4.69) is 15.5 Å². The van der Waals surface area contributed by atoms with Crippen molar-refractivity contribution in [1.29, 1.82) is 0 Å². The highest BCUT2D eigenvalue weighted by Crippen LogP contribution is 2.04. The van der Waals surface area contributed by atoms with E-state index in [9.17, 15) is 4.79 Å². The van der Waals surface area contributed by atoms with Crippen LogP contribution >= 0.6 is 0 Å². The van der Waals surface area contributed by atoms with Gasteiger partial charge in [-0.05, 0) is 19.1 Å². The summed E-state index contributed by atoms with van der Waals surface area (Å²) in [5.74, 6) is -0.253. The van der Waals surface area contributed by atoms with Crippen molar-refractivity contribution < 1.29 is 9.32 Å². The van der Waals surface area contributed by atoms with Crippen molar-refractivity contribution in [2.75, 3.05) is 0 Å². The predicted octanol–water partition coefficient (Wildman–Crippen LogP) is 1.31. The standard InChI is InChI=1S/C11H11N3O2/c1-8-7-16-14-10(8)11(15)13-6-9-4-2-3-5-12-9/h2-5,7H,6H2,1H3,(H,13,15). The maximum atomic E-state index is 11.6. The number of hydrogen-bond acceptors (Lipinski definition) is 4. The van der Waals surface area contributed by atoms with E-state index in [1.807, 2.05) is 18.2 Å². The Labute approximate surface area is 92.5 Å². The van der Waals surface area contributed by atoms with Crippen LogP contribution in [0, 0.1) is 6.92 Å². The molecule has 0 unspecified atom stereocenters. The van der Waals surface area contributed by atoms with E-state index >= 15 is 0 Å². The zero-order valence-electron chi connectivity index (χ0n) is 8.80. The molecule has 1 N–H and O–H groups in total. The zero-order valence-corrected chi connectivity index (χ0v) is 8.80. The highest BCUT2D eigenvalue weighted by molar-refractivity contribution is 5.93. The molecule has 82 valence electrons. The smallest absolute Gasteiger partial charge is 0.274 e. The number of pyridine rings is 1. The molecule has 5 nitrogen and oxygen atoms in total. The lowest BCUT2D eigenvalue weighted by molar-refractivity contribution is 0.0941. The van der Waals surface area contributed by atoms with Gasteiger partial charge in [0.2, 0.25) is 0 Å². The lowest BCUT2D eigenvalue weighted by Gasteiger charge is -2.02. The van der Waals surface area contributed by atoms with Crippen molar-refractivity contribution in [2.45, 2.75) is 13.5 Å². The van der Waals surface area contributed by atoms with Crippen molar-refractivity contribution in [3.8, 4) is 0 Å². The molecule has 0 spiro atoms. The maximum Gasteiger partial charge on any atom is 0.274 e. The topological polar surface area (TPSA) is 68.0 Å². The number of nitrogens with zero attached hydrogens (tertiary/aromatic N) is 2. The Hall–Kier alpha value is -2.17. The Balaban J connectivity index is 1.97. The van der Waals surface area contributed by atoms with Gasteiger partial charge in [-0.25, -0.2) is 0 Å². The van der Waals surface area contributed by atoms with Gasteiger partial charge in [0.15, 0.2) is 5.69 Å². The van der Waals surface area contributed by atoms with Gasteiger partial charge in [-0.2, -0.15) is 0 Å². The van der Waals surface area contributed by atoms with Crippen LogP contribution in [0.5, 0.6) is 0 Å². The number of amides is 1. The molecule has 0 radical (unpaired) electrons. The predicted molar refractivity (Wildman–Crippen MR) is 56.6 cm³/mol. The summed E-state index contributed by atoms with van der Waals surface area (Å²) >= 11 is 0. The van der Waals surface area contributed by atoms with Gasteiger partial charge >= 0.3 is 0 Å². The Morgan fingerprint density at radius 3 is 3.00 bits per heavy atom. The molecule has 0 atom stereocenters. The molecule has 2 aromatic rings. The number of hydrogen-bond donors (Lipinski definition) is 1. The number of aromatic nitrogens is 2. The average Bonchev–Trinajstić information content (AvgIpc) is 2.74. The second kappa shape index (κ2) is 4.57. The van der Waals surface area contributed by atoms with E-state index in [0.717, 1.165) is 11.3 Å². The number of aryl methyl sites for hydroxylation is 1. The SMILES string of the molecule is Cc1conc1C(=O)NCc1ccccn1. The van der Waals surface area contributed by atoms with Crippen LogP contribution < -0.4 is 5.32 Å². The summed E-state index contributed by atoms with van der Waals surface area (Å²) in [5, 5.41) is 6.34. The third-order valence-electron chi connectivity index (χ3n) is 2.12. The lowest BCUT2D eigenvalue weighted by Crippen LogP contribution is -2.24. The molecule has 5 heteroatoms. The fourth-order valence-corrected chi connectivity index (χ4v) is 1.26. The van der Waals surface area contributed by atoms with E-state index < -0.39 is 0 Å². The van der Waals surface area contributed by atoms with Crippen LogP contribution in [0.1, 0.15) is 21.7 Å². The van der Waals surface area contributed by atoms with Crippen LogP contribution in [-0.4, -0.2) is 16.0 Å². The molecule has 0 aliphatic carbocycles. The molecule has 0 aliphatic heterocycles. The molecule has 2 aromatic heterocycles. The summed E-state index contributed by atoms with van der Waals surface area (Å²) in [6.45, 7) is 2.15. The van der Waals surface area contributed by atoms with Crippen LogP contribution in [0.2, 0.25) is 0 Å². The van der Waals surface area contributed by atoms with E-state index in [4.69, 9.17) is 4.52 Å². The number of carbonyl (C=O) groups excluding carboxylic acids is 1. The van der Waals surface area contributed by atoms with Gasteiger partial charge in [0.1, 0.15) is 6.26 Å². The number of nitrogens with one attached hydrogen (secondary N) is 1. The summed E-state index contributed by atoms with van der Waals surface area (Å²) in [5.41, 5.74) is 1.84. The Kier molecular flexibility index (Phi) is 2.95. The first kappa shape index (κ1) is 10.4. The van der Waals surface area contributed by atoms with Gasteiger partial charge in [0.25, 0.3) is 5.91 Å². The minimum absolute atomic E-state index is 0.253. The van der Waals surface area contributed by atoms with E-state index in [1.54, 1.807) is 13.1 Å². The summed E-state index contributed by atoms with van der Waals surface area (Å²) < 4.78 is 4.69. The molecule has 0 aromatic carbocycles. The highest BCUT2D eigenvalue weighted by atomic mass is 16.5. The Morgan fingerprint density at radius 2 is 2.38 bits per heavy atom. The Bertz CT molecular complexity index is 479. The van der Waals surface area contributed by atoms with E-state index in [0.29, 0.717) is 12.2 Å². The minimum Gasteiger partial charge on any atom is -0.364 e. The molecule has 16 heavy (non-hydrogen) atoms. The summed E-state index contributed by atoms with van der Waals surface area (Å²) in [6.07, 6.45) is 3.12. The maximum absolute atomic E-state index is 11.6. The zero-order chi connectivity index (χ0) is 11.4. The van der Waals surface area contributed by atoms with Gasteiger partial charge in [-0.3, -0.25) is 9.78 Å². The molecule has 2 heterocycles. The van der Waals surface area contributed by atoms with Crippen molar-refractivity contribution in [2.24, 2.45) is 0 Å². The molecule has 1 amide bonds. The van der Waals surface area contributed by atoms with Crippen molar-refractivity contribution >= 4 is 5.91 Å². The van der Waals surface area contributed by atoms with Crippen molar-refractivity contribution in [3.63, 3.8) is 0 Å². The summed E-state index contributed by atoms with van der Waals surface area (Å²) in [6, 6.07) is 5.54. The molecule has 0 bridgehead atoms. The lowest BCUT2D eigenvalue weighted by atomic mass is 10.2. The summed E-state index contributed by atoms with van der Waals surface area (Å²) in [7, 11) is 0. The largest absolute Gasteiger partial charge is 0.364 e. The second-order valence-electron chi connectivity index (χ2n) is 3.35. The van der Waals surface area contributed by atoms with E-state index in [1.165, 1.54) is 6.26 Å². The van der Waals surface area contributed by atoms with Gasteiger partial charge in [0, 0.05) is 11.8 Å². The van der Waals surface area contributed by atoms with Crippen LogP contribution in [0.4, 0.5) is 0 Å². The molecule has 0 saturated heterocycles. The monoisotopic (exact) mass is 217 g/mol. The van der Waals surface area contributed by atoms with Gasteiger partial charge in [-0.1, -0.05) is 11.2 Å². The second-order valence-corrected chi connectivity index (χ2v) is 3.35. The molecular weight excluding hydrogens is 206 g/mol. The third-order valence-corrected chi connectivity index (χ3v) is 2.12. The van der Waals surface area contributed by atoms with Crippen LogP contribution in [0.15, 0.2) is 35.2 Å². The average molecular weight is 217 g/mol. The first-order valence-corrected chi connectivity index (χ1v) is 4.86. The van der Waals surface area contributed by atoms with Gasteiger partial charge in [-0.15, -0.1) is 0 Å². The first-order valence-electron chi connectivity index (χ1n) is 4.86. The van der Waals surface area contributed by atoms with Crippen LogP contribution in [-0.2, 0) is 6.54 Å². The number of carbonyl (C=O) groups is 1. The Morgan fingerprint density at radius 1 is 1.50 bits per heavy atom. The third kappa shape index (κ3) is 2.25. The molecule has 2 rings (SSSR count). The quantitative estimate of drug-likeness (QED) is 0.841. The molecule has 0 fully saturated rings. The van der Waals surface area contributed by atoms with Crippen molar-refractivity contribution in [1.82, 2.24) is 15.5 Å². The minimum atomic E-state index is -0.253. The van der Waals surface area contributed by atoms with Crippen molar-refractivity contribution in [3.05, 3.63) is 47.6 Å². The first-order chi connectivity index (χ1) is 7.77. The normalized spacial score (nSPS) is 10.1. The fraction of sp³-hybridized carbons (Fsp3) is 0.182. The van der Waals surface area contributed by atoms with Gasteiger partial charge < -0.3 is 9.84 Å². The van der Waals surface area contributed by atoms with Crippen LogP contribution in [0.3, 0.4) is 0 Å². The molecule has 0 saturated carbocycles. The van der Waals surface area contributed by atoms with Gasteiger partial charge in [0.05, 0.1) is 12.2 Å². The molecular formula is C11H11N3O2. The summed E-state index contributed by atoms with van der Waals surface area (Å²) in [4.78, 5) is 15.7. The van der Waals surface area contributed by atoms with Crippen LogP contribution in [0.25, 0.3) is 0 Å². The molecule has 0 aliphatic rings.